The molecule has 0 radical (unpaired) electrons. The van der Waals surface area contributed by atoms with Gasteiger partial charge < -0.3 is 19.7 Å². The van der Waals surface area contributed by atoms with Crippen molar-refractivity contribution in [2.45, 2.75) is 38.8 Å². The first-order chi connectivity index (χ1) is 15.1. The van der Waals surface area contributed by atoms with Gasteiger partial charge in [0.25, 0.3) is 5.91 Å². The zero-order chi connectivity index (χ0) is 22.1. The van der Waals surface area contributed by atoms with Gasteiger partial charge in [0, 0.05) is 18.7 Å². The maximum absolute atomic E-state index is 13.1. The average Bonchev–Trinajstić information content (AvgIpc) is 2.80. The van der Waals surface area contributed by atoms with E-state index < -0.39 is 12.0 Å². The molecule has 0 aromatic heterocycles. The molecule has 1 unspecified atom stereocenters. The molecule has 2 amide bonds. The smallest absolute Gasteiger partial charge is 0.308 e. The van der Waals surface area contributed by atoms with Gasteiger partial charge in [0.05, 0.1) is 13.0 Å². The topological polar surface area (TPSA) is 84.9 Å². The Labute approximate surface area is 182 Å². The summed E-state index contributed by atoms with van der Waals surface area (Å²) in [6.07, 6.45) is 1.75. The number of benzene rings is 2. The van der Waals surface area contributed by atoms with Crippen molar-refractivity contribution in [2.75, 3.05) is 19.7 Å². The van der Waals surface area contributed by atoms with Crippen molar-refractivity contribution in [1.29, 1.82) is 0 Å². The average molecular weight is 424 g/mol. The van der Waals surface area contributed by atoms with Gasteiger partial charge >= 0.3 is 5.97 Å². The first-order valence-electron chi connectivity index (χ1n) is 10.6. The molecule has 31 heavy (non-hydrogen) atoms. The number of hydrogen-bond acceptors (Lipinski definition) is 5. The van der Waals surface area contributed by atoms with Crippen LogP contribution in [0.3, 0.4) is 0 Å². The van der Waals surface area contributed by atoms with Crippen molar-refractivity contribution in [3.05, 3.63) is 65.7 Å². The predicted octanol–water partition coefficient (Wildman–Crippen LogP) is 2.94. The summed E-state index contributed by atoms with van der Waals surface area (Å²) in [5.74, 6) is -0.580. The summed E-state index contributed by atoms with van der Waals surface area (Å²) in [7, 11) is 0. The number of amides is 2. The van der Waals surface area contributed by atoms with Crippen LogP contribution in [-0.2, 0) is 20.9 Å². The Morgan fingerprint density at radius 3 is 2.71 bits per heavy atom. The highest BCUT2D eigenvalue weighted by molar-refractivity contribution is 5.99. The van der Waals surface area contributed by atoms with E-state index in [1.54, 1.807) is 24.3 Å². The fourth-order valence-electron chi connectivity index (χ4n) is 3.33. The number of nitrogens with zero attached hydrogens (tertiary/aromatic N) is 1. The molecule has 1 heterocycles. The second kappa shape index (κ2) is 11.2. The van der Waals surface area contributed by atoms with Gasteiger partial charge in [-0.15, -0.1) is 0 Å². The predicted molar refractivity (Wildman–Crippen MR) is 116 cm³/mol. The number of carbonyl (C=O) groups is 3. The second-order valence-electron chi connectivity index (χ2n) is 7.39. The number of ether oxygens (including phenoxy) is 2. The number of esters is 1. The van der Waals surface area contributed by atoms with Crippen LogP contribution in [0.5, 0.6) is 5.75 Å². The molecule has 1 N–H and O–H groups in total. The maximum atomic E-state index is 13.1. The summed E-state index contributed by atoms with van der Waals surface area (Å²) < 4.78 is 11.0. The third-order valence-electron chi connectivity index (χ3n) is 5.04. The van der Waals surface area contributed by atoms with Gasteiger partial charge in [0.1, 0.15) is 18.4 Å². The van der Waals surface area contributed by atoms with Gasteiger partial charge in [0.15, 0.2) is 0 Å². The van der Waals surface area contributed by atoms with Gasteiger partial charge in [-0.25, -0.2) is 0 Å². The highest BCUT2D eigenvalue weighted by Crippen LogP contribution is 2.19. The van der Waals surface area contributed by atoms with E-state index in [1.807, 2.05) is 30.3 Å². The normalized spacial score (nSPS) is 15.8. The number of rotatable bonds is 9. The van der Waals surface area contributed by atoms with E-state index in [-0.39, 0.29) is 24.8 Å². The lowest BCUT2D eigenvalue weighted by Crippen LogP contribution is -2.57. The monoisotopic (exact) mass is 424 g/mol. The molecule has 7 heteroatoms. The molecule has 1 saturated heterocycles. The highest BCUT2D eigenvalue weighted by atomic mass is 16.5. The van der Waals surface area contributed by atoms with Crippen molar-refractivity contribution in [3.8, 4) is 5.75 Å². The number of piperazine rings is 1. The van der Waals surface area contributed by atoms with Gasteiger partial charge in [-0.2, -0.15) is 0 Å². The van der Waals surface area contributed by atoms with Crippen LogP contribution in [0.4, 0.5) is 0 Å². The molecule has 0 saturated carbocycles. The lowest BCUT2D eigenvalue weighted by atomic mass is 10.1. The minimum Gasteiger partial charge on any atom is -0.494 e. The lowest BCUT2D eigenvalue weighted by Gasteiger charge is -2.34. The minimum absolute atomic E-state index is 0.124. The number of nitrogens with one attached hydrogen (secondary N) is 1. The van der Waals surface area contributed by atoms with Crippen molar-refractivity contribution in [2.24, 2.45) is 0 Å². The molecule has 0 aliphatic carbocycles. The van der Waals surface area contributed by atoms with E-state index in [2.05, 4.69) is 12.2 Å². The molecule has 0 spiro atoms. The molecule has 7 nitrogen and oxygen atoms in total. The summed E-state index contributed by atoms with van der Waals surface area (Å²) >= 11 is 0. The van der Waals surface area contributed by atoms with Crippen LogP contribution in [0.15, 0.2) is 54.6 Å². The number of unbranched alkanes of at least 4 members (excludes halogenated alkanes) is 1. The van der Waals surface area contributed by atoms with Crippen molar-refractivity contribution in [3.63, 3.8) is 0 Å². The van der Waals surface area contributed by atoms with Gasteiger partial charge in [0.2, 0.25) is 5.91 Å². The zero-order valence-corrected chi connectivity index (χ0v) is 17.7. The van der Waals surface area contributed by atoms with Gasteiger partial charge in [-0.3, -0.25) is 14.4 Å². The summed E-state index contributed by atoms with van der Waals surface area (Å²) in [4.78, 5) is 39.4. The van der Waals surface area contributed by atoms with Crippen molar-refractivity contribution in [1.82, 2.24) is 10.2 Å². The highest BCUT2D eigenvalue weighted by Gasteiger charge is 2.35. The van der Waals surface area contributed by atoms with Crippen LogP contribution in [0, 0.1) is 0 Å². The fraction of sp³-hybridized carbons (Fsp3) is 0.375. The van der Waals surface area contributed by atoms with Crippen LogP contribution >= 0.6 is 0 Å². The first-order valence-corrected chi connectivity index (χ1v) is 10.6. The third kappa shape index (κ3) is 6.31. The molecular formula is C24H28N2O5. The summed E-state index contributed by atoms with van der Waals surface area (Å²) in [6, 6.07) is 15.3. The van der Waals surface area contributed by atoms with E-state index in [0.29, 0.717) is 31.0 Å². The molecule has 0 bridgehead atoms. The molecule has 1 atom stereocenters. The third-order valence-corrected chi connectivity index (χ3v) is 5.04. The molecular weight excluding hydrogens is 396 g/mol. The van der Waals surface area contributed by atoms with Gasteiger partial charge in [-0.05, 0) is 30.2 Å². The van der Waals surface area contributed by atoms with E-state index in [4.69, 9.17) is 9.47 Å². The fourth-order valence-corrected chi connectivity index (χ4v) is 3.33. The van der Waals surface area contributed by atoms with E-state index >= 15 is 0 Å². The van der Waals surface area contributed by atoms with Crippen LogP contribution in [0.1, 0.15) is 42.1 Å². The van der Waals surface area contributed by atoms with Gasteiger partial charge in [-0.1, -0.05) is 49.7 Å². The quantitative estimate of drug-likeness (QED) is 0.494. The van der Waals surface area contributed by atoms with E-state index in [1.165, 1.54) is 4.90 Å². The molecule has 164 valence electrons. The van der Waals surface area contributed by atoms with Crippen LogP contribution in [0.2, 0.25) is 0 Å². The molecule has 2 aromatic carbocycles. The van der Waals surface area contributed by atoms with Crippen LogP contribution in [0.25, 0.3) is 0 Å². The van der Waals surface area contributed by atoms with E-state index in [9.17, 15) is 14.4 Å². The number of hydrogen-bond donors (Lipinski definition) is 1. The Balaban J connectivity index is 1.65. The maximum Gasteiger partial charge on any atom is 0.308 e. The largest absolute Gasteiger partial charge is 0.494 e. The Bertz CT molecular complexity index is 900. The number of carbonyl (C=O) groups excluding carboxylic acids is 3. The SMILES string of the molecule is CCCCOc1cccc(C(=O)N2CCNC(=O)C2CC(=O)OCc2ccccc2)c1. The van der Waals surface area contributed by atoms with Crippen molar-refractivity contribution >= 4 is 17.8 Å². The van der Waals surface area contributed by atoms with Crippen LogP contribution < -0.4 is 10.1 Å². The summed E-state index contributed by atoms with van der Waals surface area (Å²) in [5.41, 5.74) is 1.28. The van der Waals surface area contributed by atoms with Crippen molar-refractivity contribution < 1.29 is 23.9 Å². The Kier molecular flexibility index (Phi) is 8.04. The zero-order valence-electron chi connectivity index (χ0n) is 17.7. The second-order valence-corrected chi connectivity index (χ2v) is 7.39. The molecule has 2 aromatic rings. The Morgan fingerprint density at radius 2 is 1.94 bits per heavy atom. The van der Waals surface area contributed by atoms with E-state index in [0.717, 1.165) is 18.4 Å². The molecule has 3 rings (SSSR count). The minimum atomic E-state index is -0.908. The first kappa shape index (κ1) is 22.3. The lowest BCUT2D eigenvalue weighted by molar-refractivity contribution is -0.148. The summed E-state index contributed by atoms with van der Waals surface area (Å²) in [5, 5.41) is 2.73. The molecule has 1 fully saturated rings. The Hall–Kier alpha value is -3.35. The van der Waals surface area contributed by atoms with Crippen LogP contribution in [-0.4, -0.2) is 48.4 Å². The standard InChI is InChI=1S/C24H28N2O5/c1-2-3-14-30-20-11-7-10-19(15-20)24(29)26-13-12-25-23(28)21(26)16-22(27)31-17-18-8-5-4-6-9-18/h4-11,15,21H,2-3,12-14,16-17H2,1H3,(H,25,28). The summed E-state index contributed by atoms with van der Waals surface area (Å²) in [6.45, 7) is 3.44. The molecule has 1 aliphatic rings. The molecule has 1 aliphatic heterocycles. The Morgan fingerprint density at radius 1 is 1.13 bits per heavy atom.